The predicted octanol–water partition coefficient (Wildman–Crippen LogP) is 6.79. The van der Waals surface area contributed by atoms with Gasteiger partial charge in [-0.3, -0.25) is 4.79 Å². The van der Waals surface area contributed by atoms with Gasteiger partial charge in [-0.2, -0.15) is 5.10 Å². The van der Waals surface area contributed by atoms with Crippen molar-refractivity contribution in [1.29, 1.82) is 0 Å². The molecule has 0 radical (unpaired) electrons. The number of aromatic nitrogens is 2. The summed E-state index contributed by atoms with van der Waals surface area (Å²) in [5.41, 5.74) is 3.45. The molecule has 0 spiro atoms. The van der Waals surface area contributed by atoms with Crippen LogP contribution in [-0.4, -0.2) is 21.7 Å². The fourth-order valence-corrected chi connectivity index (χ4v) is 4.14. The molecular formula is C30H34FN3O2. The SMILES string of the molecule is CCCc1ccc([C@@H](Oc2ccc3c(cnn3-c3ccc(F)cc3)c2)[C@H](C)NC(=O)C(C)(C)C)cc1. The van der Waals surface area contributed by atoms with Gasteiger partial charge in [0.25, 0.3) is 0 Å². The first-order valence-corrected chi connectivity index (χ1v) is 12.5. The van der Waals surface area contributed by atoms with Crippen molar-refractivity contribution in [3.05, 3.63) is 89.9 Å². The van der Waals surface area contributed by atoms with Gasteiger partial charge < -0.3 is 10.1 Å². The van der Waals surface area contributed by atoms with Crippen molar-refractivity contribution in [2.24, 2.45) is 5.41 Å². The van der Waals surface area contributed by atoms with E-state index in [1.54, 1.807) is 23.0 Å². The predicted molar refractivity (Wildman–Crippen MR) is 142 cm³/mol. The third-order valence-corrected chi connectivity index (χ3v) is 6.21. The molecule has 2 atom stereocenters. The summed E-state index contributed by atoms with van der Waals surface area (Å²) in [5.74, 6) is 0.371. The van der Waals surface area contributed by atoms with Crippen LogP contribution in [0.2, 0.25) is 0 Å². The monoisotopic (exact) mass is 487 g/mol. The van der Waals surface area contributed by atoms with Gasteiger partial charge in [0.1, 0.15) is 17.7 Å². The Morgan fingerprint density at radius 3 is 2.39 bits per heavy atom. The van der Waals surface area contributed by atoms with E-state index >= 15 is 0 Å². The molecule has 0 saturated heterocycles. The topological polar surface area (TPSA) is 56.1 Å². The maximum atomic E-state index is 13.4. The van der Waals surface area contributed by atoms with Gasteiger partial charge in [0.2, 0.25) is 5.91 Å². The van der Waals surface area contributed by atoms with Crippen LogP contribution < -0.4 is 10.1 Å². The average molecular weight is 488 g/mol. The van der Waals surface area contributed by atoms with E-state index in [0.29, 0.717) is 5.75 Å². The van der Waals surface area contributed by atoms with Gasteiger partial charge in [0, 0.05) is 10.8 Å². The number of carbonyl (C=O) groups excluding carboxylic acids is 1. The highest BCUT2D eigenvalue weighted by Gasteiger charge is 2.28. The van der Waals surface area contributed by atoms with Crippen LogP contribution in [0.4, 0.5) is 4.39 Å². The lowest BCUT2D eigenvalue weighted by Crippen LogP contribution is -2.44. The Bertz CT molecular complexity index is 1320. The zero-order valence-corrected chi connectivity index (χ0v) is 21.6. The number of rotatable bonds is 8. The van der Waals surface area contributed by atoms with E-state index in [-0.39, 0.29) is 23.9 Å². The summed E-state index contributed by atoms with van der Waals surface area (Å²) >= 11 is 0. The lowest BCUT2D eigenvalue weighted by Gasteiger charge is -2.29. The van der Waals surface area contributed by atoms with Gasteiger partial charge in [-0.05, 0) is 66.9 Å². The zero-order valence-electron chi connectivity index (χ0n) is 21.6. The first-order valence-electron chi connectivity index (χ1n) is 12.5. The summed E-state index contributed by atoms with van der Waals surface area (Å²) in [5, 5.41) is 8.52. The molecule has 1 aromatic heterocycles. The Morgan fingerprint density at radius 1 is 1.06 bits per heavy atom. The summed E-state index contributed by atoms with van der Waals surface area (Å²) < 4.78 is 21.6. The number of carbonyl (C=O) groups is 1. The van der Waals surface area contributed by atoms with E-state index in [1.807, 2.05) is 45.9 Å². The van der Waals surface area contributed by atoms with Gasteiger partial charge in [-0.15, -0.1) is 0 Å². The number of nitrogens with one attached hydrogen (secondary N) is 1. The number of amides is 1. The van der Waals surface area contributed by atoms with Crippen molar-refractivity contribution >= 4 is 16.8 Å². The molecule has 1 amide bonds. The van der Waals surface area contributed by atoms with Crippen LogP contribution >= 0.6 is 0 Å². The number of hydrogen-bond donors (Lipinski definition) is 1. The van der Waals surface area contributed by atoms with Crippen molar-refractivity contribution in [1.82, 2.24) is 15.1 Å². The molecule has 1 N–H and O–H groups in total. The van der Waals surface area contributed by atoms with Crippen LogP contribution in [0.3, 0.4) is 0 Å². The Balaban J connectivity index is 1.63. The number of hydrogen-bond acceptors (Lipinski definition) is 3. The smallest absolute Gasteiger partial charge is 0.225 e. The maximum absolute atomic E-state index is 13.4. The first kappa shape index (κ1) is 25.4. The quantitative estimate of drug-likeness (QED) is 0.298. The Morgan fingerprint density at radius 2 is 1.75 bits per heavy atom. The lowest BCUT2D eigenvalue weighted by molar-refractivity contribution is -0.129. The van der Waals surface area contributed by atoms with Gasteiger partial charge in [-0.1, -0.05) is 58.4 Å². The van der Waals surface area contributed by atoms with E-state index < -0.39 is 5.41 Å². The Hall–Kier alpha value is -3.67. The minimum atomic E-state index is -0.502. The minimum absolute atomic E-state index is 0.0257. The van der Waals surface area contributed by atoms with Crippen molar-refractivity contribution < 1.29 is 13.9 Å². The van der Waals surface area contributed by atoms with Gasteiger partial charge in [-0.25, -0.2) is 9.07 Å². The highest BCUT2D eigenvalue weighted by Crippen LogP contribution is 2.30. The molecule has 4 aromatic rings. The van der Waals surface area contributed by atoms with Gasteiger partial charge in [0.15, 0.2) is 0 Å². The second kappa shape index (κ2) is 10.5. The minimum Gasteiger partial charge on any atom is -0.484 e. The molecule has 0 aliphatic heterocycles. The van der Waals surface area contributed by atoms with Crippen molar-refractivity contribution in [2.75, 3.05) is 0 Å². The molecule has 0 fully saturated rings. The second-order valence-electron chi connectivity index (χ2n) is 10.3. The largest absolute Gasteiger partial charge is 0.484 e. The van der Waals surface area contributed by atoms with Crippen LogP contribution in [-0.2, 0) is 11.2 Å². The van der Waals surface area contributed by atoms with Crippen LogP contribution in [0.1, 0.15) is 58.3 Å². The fraction of sp³-hybridized carbons (Fsp3) is 0.333. The molecule has 4 rings (SSSR count). The van der Waals surface area contributed by atoms with Crippen LogP contribution in [0.15, 0.2) is 72.9 Å². The summed E-state index contributed by atoms with van der Waals surface area (Å²) in [6.07, 6.45) is 3.50. The van der Waals surface area contributed by atoms with Crippen LogP contribution in [0.5, 0.6) is 5.75 Å². The molecule has 0 aliphatic carbocycles. The van der Waals surface area contributed by atoms with E-state index in [2.05, 4.69) is 41.6 Å². The number of aryl methyl sites for hydroxylation is 1. The highest BCUT2D eigenvalue weighted by molar-refractivity contribution is 5.82. The Labute approximate surface area is 212 Å². The molecule has 188 valence electrons. The number of fused-ring (bicyclic) bond motifs is 1. The number of nitrogens with zero attached hydrogens (tertiary/aromatic N) is 2. The lowest BCUT2D eigenvalue weighted by atomic mass is 9.94. The Kier molecular flexibility index (Phi) is 7.43. The average Bonchev–Trinajstić information content (AvgIpc) is 3.26. The first-order chi connectivity index (χ1) is 17.2. The molecule has 0 unspecified atom stereocenters. The third-order valence-electron chi connectivity index (χ3n) is 6.21. The van der Waals surface area contributed by atoms with Crippen molar-refractivity contribution in [2.45, 2.75) is 59.6 Å². The van der Waals surface area contributed by atoms with E-state index in [1.165, 1.54) is 17.7 Å². The summed E-state index contributed by atoms with van der Waals surface area (Å²) in [6, 6.07) is 20.2. The van der Waals surface area contributed by atoms with Crippen molar-refractivity contribution in [3.63, 3.8) is 0 Å². The molecule has 3 aromatic carbocycles. The number of benzene rings is 3. The molecule has 5 nitrogen and oxygen atoms in total. The highest BCUT2D eigenvalue weighted by atomic mass is 19.1. The molecule has 6 heteroatoms. The van der Waals surface area contributed by atoms with Crippen molar-refractivity contribution in [3.8, 4) is 11.4 Å². The maximum Gasteiger partial charge on any atom is 0.225 e. The summed E-state index contributed by atoms with van der Waals surface area (Å²) in [6.45, 7) is 9.84. The van der Waals surface area contributed by atoms with Gasteiger partial charge >= 0.3 is 0 Å². The molecule has 36 heavy (non-hydrogen) atoms. The second-order valence-corrected chi connectivity index (χ2v) is 10.3. The van der Waals surface area contributed by atoms with Crippen LogP contribution in [0, 0.1) is 11.2 Å². The van der Waals surface area contributed by atoms with E-state index in [9.17, 15) is 9.18 Å². The summed E-state index contributed by atoms with van der Waals surface area (Å²) in [7, 11) is 0. The van der Waals surface area contributed by atoms with E-state index in [0.717, 1.165) is 35.0 Å². The fourth-order valence-electron chi connectivity index (χ4n) is 4.14. The normalized spacial score (nSPS) is 13.4. The third kappa shape index (κ3) is 5.76. The van der Waals surface area contributed by atoms with Crippen LogP contribution in [0.25, 0.3) is 16.6 Å². The standard InChI is InChI=1S/C30H34FN3O2/c1-6-7-21-8-10-22(11-9-21)28(20(2)33-29(35)30(3,4)5)36-26-16-17-27-23(18-26)19-32-34(27)25-14-12-24(31)13-15-25/h8-20,28H,6-7H2,1-5H3,(H,33,35)/t20-,28-/m0/s1. The summed E-state index contributed by atoms with van der Waals surface area (Å²) in [4.78, 5) is 12.7. The molecule has 0 aliphatic rings. The number of halogens is 1. The van der Waals surface area contributed by atoms with E-state index in [4.69, 9.17) is 4.74 Å². The van der Waals surface area contributed by atoms with Gasteiger partial charge in [0.05, 0.1) is 23.4 Å². The zero-order chi connectivity index (χ0) is 25.9. The molecule has 0 bridgehead atoms. The molecular weight excluding hydrogens is 453 g/mol. The molecule has 0 saturated carbocycles. The molecule has 1 heterocycles. The number of ether oxygens (including phenoxy) is 1.